The van der Waals surface area contributed by atoms with E-state index in [1.54, 1.807) is 7.11 Å². The first kappa shape index (κ1) is 19.2. The summed E-state index contributed by atoms with van der Waals surface area (Å²) in [5.41, 5.74) is 4.30. The quantitative estimate of drug-likeness (QED) is 0.418. The highest BCUT2D eigenvalue weighted by Gasteiger charge is 2.32. The molecular formula is C26H30O. The van der Waals surface area contributed by atoms with Crippen molar-refractivity contribution in [1.82, 2.24) is 0 Å². The molecule has 0 saturated carbocycles. The van der Waals surface area contributed by atoms with E-state index < -0.39 is 0 Å². The predicted octanol–water partition coefficient (Wildman–Crippen LogP) is 6.61. The van der Waals surface area contributed by atoms with Crippen LogP contribution < -0.4 is 4.74 Å². The van der Waals surface area contributed by atoms with Crippen molar-refractivity contribution in [2.75, 3.05) is 7.11 Å². The molecule has 0 unspecified atom stereocenters. The van der Waals surface area contributed by atoms with Crippen LogP contribution in [0.5, 0.6) is 5.75 Å². The molecule has 1 nitrogen and oxygen atoms in total. The van der Waals surface area contributed by atoms with E-state index in [1.807, 2.05) is 0 Å². The molecule has 0 bridgehead atoms. The van der Waals surface area contributed by atoms with Gasteiger partial charge in [0.15, 0.2) is 0 Å². The minimum Gasteiger partial charge on any atom is -0.497 e. The number of benzene rings is 3. The van der Waals surface area contributed by atoms with Gasteiger partial charge >= 0.3 is 0 Å². The van der Waals surface area contributed by atoms with Gasteiger partial charge in [-0.2, -0.15) is 0 Å². The summed E-state index contributed by atoms with van der Waals surface area (Å²) in [6, 6.07) is 30.6. The summed E-state index contributed by atoms with van der Waals surface area (Å²) in [6.45, 7) is 2.28. The zero-order valence-corrected chi connectivity index (χ0v) is 16.5. The summed E-state index contributed by atoms with van der Waals surface area (Å²) in [6.07, 6.45) is 5.72. The minimum atomic E-state index is 0.0883. The standard InChI is InChI=1S/C26H30O/c1-3-4-19-26(20-22-11-7-5-8-12-22,21-23-13-9-6-10-14-23)24-15-17-25(27-2)18-16-24/h5-18H,3-4,19-21H2,1-2H3. The molecule has 0 aliphatic carbocycles. The summed E-state index contributed by atoms with van der Waals surface area (Å²) in [5.74, 6) is 0.919. The van der Waals surface area contributed by atoms with Gasteiger partial charge in [-0.05, 0) is 48.1 Å². The highest BCUT2D eigenvalue weighted by Crippen LogP contribution is 2.38. The summed E-state index contributed by atoms with van der Waals surface area (Å²) in [5, 5.41) is 0. The Morgan fingerprint density at radius 1 is 0.704 bits per heavy atom. The third kappa shape index (κ3) is 5.01. The average Bonchev–Trinajstić information content (AvgIpc) is 2.73. The largest absolute Gasteiger partial charge is 0.497 e. The second-order valence-electron chi connectivity index (χ2n) is 7.44. The van der Waals surface area contributed by atoms with Crippen molar-refractivity contribution in [1.29, 1.82) is 0 Å². The van der Waals surface area contributed by atoms with Crippen molar-refractivity contribution in [3.05, 3.63) is 102 Å². The van der Waals surface area contributed by atoms with Gasteiger partial charge in [-0.15, -0.1) is 0 Å². The first-order valence-electron chi connectivity index (χ1n) is 9.98. The molecule has 3 aromatic rings. The minimum absolute atomic E-state index is 0.0883. The number of rotatable bonds is 9. The van der Waals surface area contributed by atoms with E-state index in [1.165, 1.54) is 36.0 Å². The maximum atomic E-state index is 5.40. The molecule has 0 atom stereocenters. The van der Waals surface area contributed by atoms with Crippen LogP contribution in [-0.4, -0.2) is 7.11 Å². The van der Waals surface area contributed by atoms with Crippen LogP contribution in [0.1, 0.15) is 42.9 Å². The topological polar surface area (TPSA) is 9.23 Å². The molecule has 0 aliphatic heterocycles. The summed E-state index contributed by atoms with van der Waals surface area (Å²) >= 11 is 0. The van der Waals surface area contributed by atoms with Crippen LogP contribution in [-0.2, 0) is 18.3 Å². The Morgan fingerprint density at radius 2 is 1.22 bits per heavy atom. The van der Waals surface area contributed by atoms with Gasteiger partial charge in [0.1, 0.15) is 5.75 Å². The van der Waals surface area contributed by atoms with E-state index in [2.05, 4.69) is 91.9 Å². The van der Waals surface area contributed by atoms with Crippen molar-refractivity contribution in [2.24, 2.45) is 0 Å². The zero-order chi connectivity index (χ0) is 19.0. The fourth-order valence-electron chi connectivity index (χ4n) is 4.02. The Balaban J connectivity index is 2.04. The average molecular weight is 359 g/mol. The van der Waals surface area contributed by atoms with Gasteiger partial charge in [-0.1, -0.05) is 92.6 Å². The number of hydrogen-bond acceptors (Lipinski definition) is 1. The van der Waals surface area contributed by atoms with E-state index in [9.17, 15) is 0 Å². The maximum absolute atomic E-state index is 5.40. The first-order valence-corrected chi connectivity index (χ1v) is 9.98. The molecule has 0 fully saturated rings. The molecule has 0 aromatic heterocycles. The second-order valence-corrected chi connectivity index (χ2v) is 7.44. The van der Waals surface area contributed by atoms with Gasteiger partial charge in [0.25, 0.3) is 0 Å². The number of ether oxygens (including phenoxy) is 1. The van der Waals surface area contributed by atoms with Crippen LogP contribution in [0.25, 0.3) is 0 Å². The van der Waals surface area contributed by atoms with E-state index in [4.69, 9.17) is 4.74 Å². The summed E-state index contributed by atoms with van der Waals surface area (Å²) in [7, 11) is 1.73. The highest BCUT2D eigenvalue weighted by atomic mass is 16.5. The van der Waals surface area contributed by atoms with Crippen molar-refractivity contribution < 1.29 is 4.74 Å². The number of hydrogen-bond donors (Lipinski definition) is 0. The highest BCUT2D eigenvalue weighted by molar-refractivity contribution is 5.36. The van der Waals surface area contributed by atoms with Gasteiger partial charge in [0, 0.05) is 5.41 Å². The van der Waals surface area contributed by atoms with Crippen LogP contribution in [0.15, 0.2) is 84.9 Å². The SMILES string of the molecule is CCCCC(Cc1ccccc1)(Cc1ccccc1)c1ccc(OC)cc1. The monoisotopic (exact) mass is 358 g/mol. The van der Waals surface area contributed by atoms with Crippen LogP contribution in [0, 0.1) is 0 Å². The lowest BCUT2D eigenvalue weighted by atomic mass is 9.68. The fourth-order valence-corrected chi connectivity index (χ4v) is 4.02. The van der Waals surface area contributed by atoms with Gasteiger partial charge in [-0.3, -0.25) is 0 Å². The van der Waals surface area contributed by atoms with E-state index in [0.717, 1.165) is 18.6 Å². The molecule has 3 rings (SSSR count). The molecular weight excluding hydrogens is 328 g/mol. The van der Waals surface area contributed by atoms with Crippen molar-refractivity contribution in [2.45, 2.75) is 44.4 Å². The fraction of sp³-hybridized carbons (Fsp3) is 0.308. The Bertz CT molecular complexity index is 749. The van der Waals surface area contributed by atoms with E-state index >= 15 is 0 Å². The third-order valence-corrected chi connectivity index (χ3v) is 5.48. The first-order chi connectivity index (χ1) is 13.3. The molecule has 0 saturated heterocycles. The van der Waals surface area contributed by atoms with Gasteiger partial charge in [0.2, 0.25) is 0 Å². The predicted molar refractivity (Wildman–Crippen MR) is 114 cm³/mol. The lowest BCUT2D eigenvalue weighted by Crippen LogP contribution is -2.32. The van der Waals surface area contributed by atoms with Gasteiger partial charge in [-0.25, -0.2) is 0 Å². The van der Waals surface area contributed by atoms with Crippen LogP contribution in [0.3, 0.4) is 0 Å². The zero-order valence-electron chi connectivity index (χ0n) is 16.5. The van der Waals surface area contributed by atoms with Gasteiger partial charge in [0.05, 0.1) is 7.11 Å². The second kappa shape index (κ2) is 9.41. The molecule has 1 heteroatoms. The summed E-state index contributed by atoms with van der Waals surface area (Å²) < 4.78 is 5.40. The van der Waals surface area contributed by atoms with Crippen LogP contribution in [0.4, 0.5) is 0 Å². The van der Waals surface area contributed by atoms with Crippen molar-refractivity contribution in [3.8, 4) is 5.75 Å². The molecule has 0 amide bonds. The van der Waals surface area contributed by atoms with Crippen LogP contribution in [0.2, 0.25) is 0 Å². The smallest absolute Gasteiger partial charge is 0.118 e. The lowest BCUT2D eigenvalue weighted by Gasteiger charge is -2.35. The molecule has 0 heterocycles. The normalized spacial score (nSPS) is 11.3. The van der Waals surface area contributed by atoms with Crippen molar-refractivity contribution >= 4 is 0 Å². The van der Waals surface area contributed by atoms with Crippen LogP contribution >= 0.6 is 0 Å². The van der Waals surface area contributed by atoms with Gasteiger partial charge < -0.3 is 4.74 Å². The van der Waals surface area contributed by atoms with Crippen molar-refractivity contribution in [3.63, 3.8) is 0 Å². The third-order valence-electron chi connectivity index (χ3n) is 5.48. The lowest BCUT2D eigenvalue weighted by molar-refractivity contribution is 0.371. The van der Waals surface area contributed by atoms with E-state index in [-0.39, 0.29) is 5.41 Å². The number of methoxy groups -OCH3 is 1. The molecule has 3 aromatic carbocycles. The maximum Gasteiger partial charge on any atom is 0.118 e. The van der Waals surface area contributed by atoms with E-state index in [0.29, 0.717) is 0 Å². The molecule has 0 radical (unpaired) electrons. The molecule has 140 valence electrons. The molecule has 0 spiro atoms. The Hall–Kier alpha value is -2.54. The Morgan fingerprint density at radius 3 is 1.67 bits per heavy atom. The molecule has 27 heavy (non-hydrogen) atoms. The summed E-state index contributed by atoms with van der Waals surface area (Å²) in [4.78, 5) is 0. The Labute approximate surface area is 164 Å². The Kier molecular flexibility index (Phi) is 6.70. The number of unbranched alkanes of at least 4 members (excludes halogenated alkanes) is 1. The molecule has 0 aliphatic rings. The molecule has 0 N–H and O–H groups in total.